The van der Waals surface area contributed by atoms with Gasteiger partial charge in [-0.1, -0.05) is 138 Å². The van der Waals surface area contributed by atoms with E-state index in [1.54, 1.807) is 0 Å². The van der Waals surface area contributed by atoms with E-state index in [1.165, 1.54) is 132 Å². The zero-order chi connectivity index (χ0) is 73.5. The molecule has 2 N–H and O–H groups in total. The van der Waals surface area contributed by atoms with Crippen molar-refractivity contribution in [1.82, 2.24) is 5.32 Å². The third-order valence-corrected chi connectivity index (χ3v) is 44.1. The van der Waals surface area contributed by atoms with Crippen LogP contribution in [0.15, 0.2) is 48.6 Å². The lowest BCUT2D eigenvalue weighted by atomic mass is 9.41. The van der Waals surface area contributed by atoms with Crippen LogP contribution in [-0.4, -0.2) is 93.6 Å². The van der Waals surface area contributed by atoms with Crippen molar-refractivity contribution in [2.45, 2.75) is 333 Å². The van der Waals surface area contributed by atoms with E-state index < -0.39 is 39.2 Å². The summed E-state index contributed by atoms with van der Waals surface area (Å²) in [6.07, 6.45) is 19.9. The molecule has 16 heteroatoms. The quantitative estimate of drug-likeness (QED) is 0.0472. The molecule has 564 valence electrons. The summed E-state index contributed by atoms with van der Waals surface area (Å²) in [5.74, 6) is 6.87. The molecule has 0 unspecified atom stereocenters. The molecule has 2 saturated heterocycles. The molecule has 0 aromatic heterocycles. The molecule has 4 spiro atoms. The topological polar surface area (TPSA) is 165 Å². The number of benzene rings is 1. The minimum Gasteiger partial charge on any atom is -0.439 e. The Morgan fingerprint density at radius 2 is 1.00 bits per heavy atom. The predicted octanol–water partition coefficient (Wildman–Crippen LogP) is 21.9. The SMILES string of the molecule is C=C(C)[C@@H](O)[C@H]1C[C@@H](C)[C@H]2[C@H](O1)[C@H](O[Si](CC)(CC)CC)[C@@]1(C)[C@@H]3CC[C@H]4C(C)(C)[C@@H](C)CC[C@@]45C[C@@]35CC[C@]21C.C=C(C)[C@@H](OC(=O)NCC)[C@H]1C[C@@H](C)[C@H]2[C@H](O1)[C@H](O[Si](CC)(CC)CC)[C@@]1(C)[C@@H]3CC[C@H]4C(C)(C)[C@@H](C)CC[C@@]45C[C@@]35CC[C@]21C.O=C(Cl)Oc1ccc([N+](=O)[O-])cc1. The van der Waals surface area contributed by atoms with Crippen molar-refractivity contribution in [3.8, 4) is 5.75 Å². The summed E-state index contributed by atoms with van der Waals surface area (Å²) in [4.78, 5) is 32.6. The summed E-state index contributed by atoms with van der Waals surface area (Å²) < 4.78 is 40.8. The molecule has 13 rings (SSSR count). The van der Waals surface area contributed by atoms with Gasteiger partial charge in [-0.2, -0.15) is 0 Å². The predicted molar refractivity (Wildman–Crippen MR) is 407 cm³/mol. The zero-order valence-electron chi connectivity index (χ0n) is 66.2. The number of halogens is 1. The number of non-ortho nitro benzene ring substituents is 1. The Bertz CT molecular complexity index is 3190. The molecule has 12 aliphatic rings. The van der Waals surface area contributed by atoms with E-state index in [2.05, 4.69) is 148 Å². The number of nitrogens with one attached hydrogen (secondary N) is 1. The summed E-state index contributed by atoms with van der Waals surface area (Å²) in [6, 6.07) is 12.0. The molecule has 1 aromatic carbocycles. The minimum atomic E-state index is -1.97. The first kappa shape index (κ1) is 78.4. The van der Waals surface area contributed by atoms with Crippen LogP contribution >= 0.6 is 11.6 Å². The molecule has 12 fully saturated rings. The van der Waals surface area contributed by atoms with Crippen LogP contribution in [0.5, 0.6) is 5.75 Å². The Kier molecular flexibility index (Phi) is 21.6. The summed E-state index contributed by atoms with van der Waals surface area (Å²) in [6.45, 7) is 60.4. The molecule has 1 amide bonds. The number of aliphatic hydroxyl groups is 1. The average molecular weight is 1440 g/mol. The molecule has 2 heterocycles. The zero-order valence-corrected chi connectivity index (χ0v) is 69.0. The highest BCUT2D eigenvalue weighted by Crippen LogP contribution is 2.92. The second-order valence-corrected chi connectivity index (χ2v) is 47.9. The first-order chi connectivity index (χ1) is 46.8. The molecule has 0 bridgehead atoms. The van der Waals surface area contributed by atoms with Gasteiger partial charge >= 0.3 is 11.5 Å². The van der Waals surface area contributed by atoms with Crippen LogP contribution in [0.25, 0.3) is 0 Å². The smallest absolute Gasteiger partial charge is 0.409 e. The van der Waals surface area contributed by atoms with Crippen LogP contribution in [0.1, 0.15) is 248 Å². The molecular weight excluding hydrogens is 1300 g/mol. The van der Waals surface area contributed by atoms with E-state index in [0.29, 0.717) is 68.6 Å². The van der Waals surface area contributed by atoms with Crippen molar-refractivity contribution in [2.75, 3.05) is 6.54 Å². The summed E-state index contributed by atoms with van der Waals surface area (Å²) in [7, 11) is -3.88. The lowest BCUT2D eigenvalue weighted by Gasteiger charge is -2.64. The number of rotatable bonds is 18. The standard InChI is InChI=1S/C40H69NO4Si.C37H64O3Si.C7H4ClNO4/c1-13-41-35(42)44-32(25(5)6)28-23-26(7)31-33(43-28)34(45-46(14-2,15-3)16-4)38(12)30-18-17-29-36(9,10)27(8)19-20-39(29)24-40(30,39)22-21-37(31,38)11;1-12-41(13-2,14-3)40-32-31-29(24(6)21-26(39-31)30(38)23(4)5)34(10)19-20-37-22-36(37)18-17-25(7)33(8,9)27(36)15-16-28(37)35(32,34)11;8-7(10)13-6-3-1-5(2-4-6)9(11)12/h26-34H,5,13-24H2,1-4,6-12H3,(H,41,42);24-32,38H,4,12-22H2,1-3,5-11H3;1-4H/t26-,27+,28-,29+,30+,31+,32-,33+,34+,37-,38-,39-,40+;24-,25+,26-,27+,28+,29+,30-,31+,32+,34-,35-,36-,37+;/m11./s1. The Hall–Kier alpha value is -2.64. The molecule has 0 radical (unpaired) electrons. The van der Waals surface area contributed by atoms with Crippen molar-refractivity contribution >= 4 is 45.4 Å². The molecule has 13 nitrogen and oxygen atoms in total. The highest BCUT2D eigenvalue weighted by atomic mass is 35.5. The molecule has 2 aliphatic heterocycles. The molecule has 26 atom stereocenters. The highest BCUT2D eigenvalue weighted by molar-refractivity contribution is 6.74. The van der Waals surface area contributed by atoms with Crippen molar-refractivity contribution in [3.05, 3.63) is 58.7 Å². The van der Waals surface area contributed by atoms with Crippen LogP contribution in [0.2, 0.25) is 36.3 Å². The Morgan fingerprint density at radius 1 is 0.610 bits per heavy atom. The number of carbonyl (C=O) groups excluding carboxylic acids is 2. The molecule has 10 saturated carbocycles. The molecule has 10 aliphatic carbocycles. The fraction of sp³-hybridized carbons (Fsp3) is 0.857. The van der Waals surface area contributed by atoms with E-state index in [9.17, 15) is 24.8 Å². The summed E-state index contributed by atoms with van der Waals surface area (Å²) in [5, 5.41) is 24.3. The second kappa shape index (κ2) is 27.5. The largest absolute Gasteiger partial charge is 0.439 e. The van der Waals surface area contributed by atoms with Crippen LogP contribution < -0.4 is 10.1 Å². The van der Waals surface area contributed by atoms with Crippen LogP contribution in [0.4, 0.5) is 15.3 Å². The van der Waals surface area contributed by atoms with Gasteiger partial charge in [0.05, 0.1) is 41.5 Å². The molecule has 1 aromatic rings. The van der Waals surface area contributed by atoms with Gasteiger partial charge in [0.15, 0.2) is 22.7 Å². The van der Waals surface area contributed by atoms with Crippen molar-refractivity contribution in [1.29, 1.82) is 0 Å². The van der Waals surface area contributed by atoms with Gasteiger partial charge in [0.1, 0.15) is 11.9 Å². The van der Waals surface area contributed by atoms with Crippen LogP contribution in [0.3, 0.4) is 0 Å². The fourth-order valence-electron chi connectivity index (χ4n) is 28.1. The number of aliphatic hydroxyl groups excluding tert-OH is 1. The molecular formula is C84H137ClN2O11Si2. The van der Waals surface area contributed by atoms with E-state index in [4.69, 9.17) is 34.7 Å². The number of nitro benzene ring substituents is 1. The summed E-state index contributed by atoms with van der Waals surface area (Å²) >= 11 is 4.92. The number of carbonyl (C=O) groups is 2. The van der Waals surface area contributed by atoms with Gasteiger partial charge in [-0.3, -0.25) is 10.1 Å². The first-order valence-corrected chi connectivity index (χ1v) is 46.0. The minimum absolute atomic E-state index is 0.0188. The number of nitro groups is 1. The maximum atomic E-state index is 12.7. The van der Waals surface area contributed by atoms with Crippen molar-refractivity contribution < 1.29 is 47.4 Å². The van der Waals surface area contributed by atoms with E-state index in [1.807, 2.05) is 20.8 Å². The number of fused-ring (bicyclic) bond motifs is 8. The van der Waals surface area contributed by atoms with Gasteiger partial charge in [0.25, 0.3) is 5.69 Å². The first-order valence-electron chi connectivity index (χ1n) is 40.5. The number of amides is 1. The Balaban J connectivity index is 0.000000172. The summed E-state index contributed by atoms with van der Waals surface area (Å²) in [5.41, 5.74) is 4.12. The second-order valence-electron chi connectivity index (χ2n) is 38.2. The van der Waals surface area contributed by atoms with Gasteiger partial charge in [-0.05, 0) is 286 Å². The lowest BCUT2D eigenvalue weighted by Crippen LogP contribution is -2.60. The van der Waals surface area contributed by atoms with E-state index in [0.717, 1.165) is 71.7 Å². The number of hydrogen-bond donors (Lipinski definition) is 2. The molecule has 100 heavy (non-hydrogen) atoms. The van der Waals surface area contributed by atoms with Gasteiger partial charge in [0.2, 0.25) is 0 Å². The number of nitrogens with zero attached hydrogens (tertiary/aromatic N) is 1. The maximum absolute atomic E-state index is 12.7. The Morgan fingerprint density at radius 3 is 1.37 bits per heavy atom. The monoisotopic (exact) mass is 1440 g/mol. The highest BCUT2D eigenvalue weighted by Gasteiger charge is 2.87. The average Bonchev–Trinajstić information content (AvgIpc) is 1.46. The van der Waals surface area contributed by atoms with Gasteiger partial charge in [0, 0.05) is 41.1 Å². The lowest BCUT2D eigenvalue weighted by molar-refractivity contribution is -0.384. The Labute approximate surface area is 612 Å². The van der Waals surface area contributed by atoms with E-state index >= 15 is 0 Å². The third kappa shape index (κ3) is 11.6. The van der Waals surface area contributed by atoms with E-state index in [-0.39, 0.29) is 75.8 Å². The van der Waals surface area contributed by atoms with Crippen LogP contribution in [-0.2, 0) is 23.1 Å². The van der Waals surface area contributed by atoms with Gasteiger partial charge in [-0.15, -0.1) is 0 Å². The number of hydrogen-bond acceptors (Lipinski definition) is 11. The normalized spacial score (nSPS) is 44.6. The maximum Gasteiger partial charge on any atom is 0.409 e. The van der Waals surface area contributed by atoms with Gasteiger partial charge < -0.3 is 38.2 Å². The van der Waals surface area contributed by atoms with Crippen LogP contribution in [0, 0.1) is 123 Å². The number of ether oxygens (including phenoxy) is 4. The van der Waals surface area contributed by atoms with Crippen molar-refractivity contribution in [2.24, 2.45) is 113 Å². The third-order valence-electron chi connectivity index (χ3n) is 34.8. The van der Waals surface area contributed by atoms with Crippen molar-refractivity contribution in [3.63, 3.8) is 0 Å². The number of alkyl carbamates (subject to hydrolysis) is 1. The van der Waals surface area contributed by atoms with Gasteiger partial charge in [-0.25, -0.2) is 9.59 Å². The fourth-order valence-corrected chi connectivity index (χ4v) is 34.1.